The van der Waals surface area contributed by atoms with Gasteiger partial charge in [-0.25, -0.2) is 0 Å². The average molecular weight is 244 g/mol. The lowest BCUT2D eigenvalue weighted by Crippen LogP contribution is -2.19. The van der Waals surface area contributed by atoms with Gasteiger partial charge in [-0.15, -0.1) is 10.2 Å². The van der Waals surface area contributed by atoms with Gasteiger partial charge in [0.2, 0.25) is 0 Å². The van der Waals surface area contributed by atoms with Crippen molar-refractivity contribution in [2.45, 2.75) is 26.8 Å². The van der Waals surface area contributed by atoms with Crippen LogP contribution in [0.25, 0.3) is 0 Å². The molecule has 0 bridgehead atoms. The maximum atomic E-state index is 4.07. The molecular formula is C14H20N4. The van der Waals surface area contributed by atoms with Crippen LogP contribution in [0.5, 0.6) is 0 Å². The third-order valence-corrected chi connectivity index (χ3v) is 3.28. The summed E-state index contributed by atoms with van der Waals surface area (Å²) in [5.41, 5.74) is 4.10. The molecule has 0 fully saturated rings. The molecule has 2 aromatic rings. The summed E-state index contributed by atoms with van der Waals surface area (Å²) in [7, 11) is 1.97. The number of hydrogen-bond donors (Lipinski definition) is 1. The molecule has 0 atom stereocenters. The minimum atomic E-state index is 0.904. The van der Waals surface area contributed by atoms with Crippen molar-refractivity contribution >= 4 is 0 Å². The second-order valence-electron chi connectivity index (χ2n) is 4.66. The van der Waals surface area contributed by atoms with Crippen molar-refractivity contribution in [3.63, 3.8) is 0 Å². The Morgan fingerprint density at radius 2 is 1.94 bits per heavy atom. The molecule has 0 aliphatic rings. The van der Waals surface area contributed by atoms with Crippen LogP contribution in [0, 0.1) is 13.8 Å². The van der Waals surface area contributed by atoms with Crippen molar-refractivity contribution in [3.05, 3.63) is 47.0 Å². The van der Waals surface area contributed by atoms with E-state index in [-0.39, 0.29) is 0 Å². The van der Waals surface area contributed by atoms with Crippen molar-refractivity contribution in [3.8, 4) is 0 Å². The van der Waals surface area contributed by atoms with Crippen molar-refractivity contribution in [1.82, 2.24) is 20.1 Å². The maximum Gasteiger partial charge on any atom is 0.133 e. The number of nitrogens with one attached hydrogen (secondary N) is 1. The van der Waals surface area contributed by atoms with Crippen LogP contribution in [0.2, 0.25) is 0 Å². The first kappa shape index (κ1) is 12.8. The third kappa shape index (κ3) is 2.96. The predicted molar refractivity (Wildman–Crippen MR) is 72.3 cm³/mol. The zero-order chi connectivity index (χ0) is 13.0. The molecule has 0 aliphatic carbocycles. The van der Waals surface area contributed by atoms with E-state index >= 15 is 0 Å². The number of hydrogen-bond acceptors (Lipinski definition) is 3. The number of aryl methyl sites for hydroxylation is 3. The molecule has 4 nitrogen and oxygen atoms in total. The molecule has 0 spiro atoms. The minimum absolute atomic E-state index is 0.904. The topological polar surface area (TPSA) is 42.7 Å². The maximum absolute atomic E-state index is 4.07. The Labute approximate surface area is 108 Å². The summed E-state index contributed by atoms with van der Waals surface area (Å²) in [6.07, 6.45) is 2.64. The SMILES string of the molecule is Cc1cccc(C)c1CNCCc1nncn1C. The predicted octanol–water partition coefficient (Wildman–Crippen LogP) is 1.76. The van der Waals surface area contributed by atoms with E-state index < -0.39 is 0 Å². The Bertz CT molecular complexity index is 496. The van der Waals surface area contributed by atoms with E-state index in [0.29, 0.717) is 0 Å². The lowest BCUT2D eigenvalue weighted by molar-refractivity contribution is 0.650. The lowest BCUT2D eigenvalue weighted by Gasteiger charge is -2.10. The van der Waals surface area contributed by atoms with Gasteiger partial charge >= 0.3 is 0 Å². The smallest absolute Gasteiger partial charge is 0.133 e. The van der Waals surface area contributed by atoms with Crippen LogP contribution >= 0.6 is 0 Å². The highest BCUT2D eigenvalue weighted by Gasteiger charge is 2.03. The number of benzene rings is 1. The van der Waals surface area contributed by atoms with E-state index in [9.17, 15) is 0 Å². The van der Waals surface area contributed by atoms with Gasteiger partial charge in [0, 0.05) is 26.6 Å². The quantitative estimate of drug-likeness (QED) is 0.815. The number of aromatic nitrogens is 3. The minimum Gasteiger partial charge on any atom is -0.321 e. The second kappa shape index (κ2) is 5.78. The summed E-state index contributed by atoms with van der Waals surface area (Å²) < 4.78 is 1.96. The molecule has 2 rings (SSSR count). The van der Waals surface area contributed by atoms with E-state index in [1.165, 1.54) is 16.7 Å². The van der Waals surface area contributed by atoms with Crippen LogP contribution in [0.1, 0.15) is 22.5 Å². The highest BCUT2D eigenvalue weighted by atomic mass is 15.2. The highest BCUT2D eigenvalue weighted by Crippen LogP contribution is 2.12. The standard InChI is InChI=1S/C14H20N4/c1-11-5-4-6-12(2)13(11)9-15-8-7-14-17-16-10-18(14)3/h4-6,10,15H,7-9H2,1-3H3. The summed E-state index contributed by atoms with van der Waals surface area (Å²) in [6, 6.07) is 6.42. The summed E-state index contributed by atoms with van der Waals surface area (Å²) in [6.45, 7) is 6.15. The van der Waals surface area contributed by atoms with Crippen molar-refractivity contribution in [2.75, 3.05) is 6.54 Å². The molecule has 0 saturated heterocycles. The summed E-state index contributed by atoms with van der Waals surface area (Å²) >= 11 is 0. The molecule has 0 unspecified atom stereocenters. The van der Waals surface area contributed by atoms with Crippen LogP contribution in [0.15, 0.2) is 24.5 Å². The molecule has 0 saturated carbocycles. The monoisotopic (exact) mass is 244 g/mol. The third-order valence-electron chi connectivity index (χ3n) is 3.28. The van der Waals surface area contributed by atoms with Gasteiger partial charge in [0.15, 0.2) is 0 Å². The largest absolute Gasteiger partial charge is 0.321 e. The molecule has 0 aliphatic heterocycles. The van der Waals surface area contributed by atoms with Crippen LogP contribution in [0.4, 0.5) is 0 Å². The van der Waals surface area contributed by atoms with Gasteiger partial charge < -0.3 is 9.88 Å². The number of nitrogens with zero attached hydrogens (tertiary/aromatic N) is 3. The highest BCUT2D eigenvalue weighted by molar-refractivity contribution is 5.33. The van der Waals surface area contributed by atoms with Gasteiger partial charge in [-0.05, 0) is 30.5 Å². The molecule has 1 aromatic carbocycles. The van der Waals surface area contributed by atoms with Crippen molar-refractivity contribution < 1.29 is 0 Å². The number of rotatable bonds is 5. The van der Waals surface area contributed by atoms with E-state index in [4.69, 9.17) is 0 Å². The average Bonchev–Trinajstić information content (AvgIpc) is 2.73. The fourth-order valence-electron chi connectivity index (χ4n) is 2.07. The first-order chi connectivity index (χ1) is 8.68. The molecule has 18 heavy (non-hydrogen) atoms. The van der Waals surface area contributed by atoms with Gasteiger partial charge in [-0.3, -0.25) is 0 Å². The Balaban J connectivity index is 1.84. The second-order valence-corrected chi connectivity index (χ2v) is 4.66. The summed E-state index contributed by atoms with van der Waals surface area (Å²) in [5, 5.41) is 11.4. The zero-order valence-electron chi connectivity index (χ0n) is 11.3. The molecule has 1 N–H and O–H groups in total. The van der Waals surface area contributed by atoms with E-state index in [0.717, 1.165) is 25.3 Å². The zero-order valence-corrected chi connectivity index (χ0v) is 11.3. The van der Waals surface area contributed by atoms with Gasteiger partial charge in [-0.1, -0.05) is 18.2 Å². The summed E-state index contributed by atoms with van der Waals surface area (Å²) in [5.74, 6) is 1.02. The molecular weight excluding hydrogens is 224 g/mol. The Morgan fingerprint density at radius 3 is 2.56 bits per heavy atom. The molecule has 1 aromatic heterocycles. The Morgan fingerprint density at radius 1 is 1.22 bits per heavy atom. The van der Waals surface area contributed by atoms with E-state index in [1.54, 1.807) is 6.33 Å². The Hall–Kier alpha value is -1.68. The molecule has 1 heterocycles. The Kier molecular flexibility index (Phi) is 4.10. The summed E-state index contributed by atoms with van der Waals surface area (Å²) in [4.78, 5) is 0. The first-order valence-corrected chi connectivity index (χ1v) is 6.27. The molecule has 0 amide bonds. The van der Waals surface area contributed by atoms with Gasteiger partial charge in [0.1, 0.15) is 12.2 Å². The molecule has 4 heteroatoms. The molecule has 96 valence electrons. The van der Waals surface area contributed by atoms with Crippen LogP contribution < -0.4 is 5.32 Å². The van der Waals surface area contributed by atoms with E-state index in [1.807, 2.05) is 11.6 Å². The van der Waals surface area contributed by atoms with Crippen molar-refractivity contribution in [1.29, 1.82) is 0 Å². The van der Waals surface area contributed by atoms with Gasteiger partial charge in [0.05, 0.1) is 0 Å². The van der Waals surface area contributed by atoms with Gasteiger partial charge in [-0.2, -0.15) is 0 Å². The van der Waals surface area contributed by atoms with Crippen LogP contribution in [-0.2, 0) is 20.0 Å². The fraction of sp³-hybridized carbons (Fsp3) is 0.429. The van der Waals surface area contributed by atoms with E-state index in [2.05, 4.69) is 47.6 Å². The lowest BCUT2D eigenvalue weighted by atomic mass is 10.0. The normalized spacial score (nSPS) is 10.8. The van der Waals surface area contributed by atoms with Crippen LogP contribution in [0.3, 0.4) is 0 Å². The van der Waals surface area contributed by atoms with Crippen molar-refractivity contribution in [2.24, 2.45) is 7.05 Å². The van der Waals surface area contributed by atoms with Gasteiger partial charge in [0.25, 0.3) is 0 Å². The van der Waals surface area contributed by atoms with Crippen LogP contribution in [-0.4, -0.2) is 21.3 Å². The first-order valence-electron chi connectivity index (χ1n) is 6.27. The molecule has 0 radical (unpaired) electrons. The fourth-order valence-corrected chi connectivity index (χ4v) is 2.07.